The second-order valence-electron chi connectivity index (χ2n) is 6.21. The molecule has 4 nitrogen and oxygen atoms in total. The smallest absolute Gasteiger partial charge is 0.274 e. The third-order valence-corrected chi connectivity index (χ3v) is 4.58. The number of anilines is 1. The van der Waals surface area contributed by atoms with Crippen LogP contribution in [0.25, 0.3) is 0 Å². The first-order valence-corrected chi connectivity index (χ1v) is 7.49. The van der Waals surface area contributed by atoms with Gasteiger partial charge in [-0.25, -0.2) is 0 Å². The normalized spacial score (nSPS) is 22.8. The van der Waals surface area contributed by atoms with Gasteiger partial charge in [0.05, 0.1) is 4.92 Å². The number of rotatable bonds is 4. The van der Waals surface area contributed by atoms with Crippen molar-refractivity contribution in [2.45, 2.75) is 52.5 Å². The summed E-state index contributed by atoms with van der Waals surface area (Å²) in [6.45, 7) is 6.41. The molecule has 0 radical (unpaired) electrons. The van der Waals surface area contributed by atoms with Crippen molar-refractivity contribution in [2.75, 3.05) is 5.32 Å². The zero-order valence-corrected chi connectivity index (χ0v) is 12.6. The first-order chi connectivity index (χ1) is 9.49. The quantitative estimate of drug-likeness (QED) is 0.649. The number of nitro groups is 1. The first-order valence-electron chi connectivity index (χ1n) is 7.49. The molecule has 1 saturated carbocycles. The molecule has 1 N–H and O–H groups in total. The zero-order valence-electron chi connectivity index (χ0n) is 12.6. The second kappa shape index (κ2) is 6.25. The van der Waals surface area contributed by atoms with Crippen LogP contribution < -0.4 is 5.32 Å². The minimum absolute atomic E-state index is 0.200. The number of nitrogens with one attached hydrogen (secondary N) is 1. The summed E-state index contributed by atoms with van der Waals surface area (Å²) < 4.78 is 0. The molecule has 20 heavy (non-hydrogen) atoms. The van der Waals surface area contributed by atoms with Gasteiger partial charge < -0.3 is 5.32 Å². The summed E-state index contributed by atoms with van der Waals surface area (Å²) in [5, 5.41) is 14.5. The molecule has 1 fully saturated rings. The van der Waals surface area contributed by atoms with Crippen LogP contribution in [0.3, 0.4) is 0 Å². The van der Waals surface area contributed by atoms with Crippen LogP contribution in [0.1, 0.15) is 45.1 Å². The average molecular weight is 276 g/mol. The minimum Gasteiger partial charge on any atom is -0.382 e. The van der Waals surface area contributed by atoms with Crippen molar-refractivity contribution in [3.8, 4) is 0 Å². The predicted molar refractivity (Wildman–Crippen MR) is 82.0 cm³/mol. The molecule has 0 atom stereocenters. The lowest BCUT2D eigenvalue weighted by Gasteiger charge is -2.32. The highest BCUT2D eigenvalue weighted by Crippen LogP contribution is 2.33. The third-order valence-electron chi connectivity index (χ3n) is 4.58. The lowest BCUT2D eigenvalue weighted by Crippen LogP contribution is -2.28. The van der Waals surface area contributed by atoms with Gasteiger partial charge in [-0.2, -0.15) is 0 Å². The fourth-order valence-electron chi connectivity index (χ4n) is 3.13. The molecule has 0 amide bonds. The highest BCUT2D eigenvalue weighted by Gasteiger charge is 2.24. The van der Waals surface area contributed by atoms with E-state index in [9.17, 15) is 10.1 Å². The van der Waals surface area contributed by atoms with Crippen LogP contribution in [0.2, 0.25) is 0 Å². The van der Waals surface area contributed by atoms with E-state index >= 15 is 0 Å². The Balaban J connectivity index is 2.01. The molecule has 1 aliphatic carbocycles. The summed E-state index contributed by atoms with van der Waals surface area (Å²) in [5.41, 5.74) is 1.85. The Morgan fingerprint density at radius 1 is 1.25 bits per heavy atom. The SMILES string of the molecule is Cc1c(NC2CCC(C(C)C)CC2)cccc1[N+](=O)[O-]. The van der Waals surface area contributed by atoms with Gasteiger partial charge in [-0.15, -0.1) is 0 Å². The Morgan fingerprint density at radius 3 is 2.45 bits per heavy atom. The van der Waals surface area contributed by atoms with Crippen molar-refractivity contribution in [2.24, 2.45) is 11.8 Å². The van der Waals surface area contributed by atoms with Crippen molar-refractivity contribution < 1.29 is 4.92 Å². The zero-order chi connectivity index (χ0) is 14.7. The van der Waals surface area contributed by atoms with Gasteiger partial charge in [0, 0.05) is 23.4 Å². The Labute approximate surface area is 120 Å². The van der Waals surface area contributed by atoms with E-state index in [0.29, 0.717) is 6.04 Å². The van der Waals surface area contributed by atoms with E-state index < -0.39 is 0 Å². The lowest BCUT2D eigenvalue weighted by atomic mass is 9.79. The summed E-state index contributed by atoms with van der Waals surface area (Å²) >= 11 is 0. The standard InChI is InChI=1S/C16H24N2O2/c1-11(2)13-7-9-14(10-8-13)17-15-5-4-6-16(12(15)3)18(19)20/h4-6,11,13-14,17H,7-10H2,1-3H3. The van der Waals surface area contributed by atoms with Gasteiger partial charge in [-0.05, 0) is 50.5 Å². The molecule has 2 rings (SSSR count). The maximum Gasteiger partial charge on any atom is 0.274 e. The molecule has 0 heterocycles. The Hall–Kier alpha value is -1.58. The van der Waals surface area contributed by atoms with Gasteiger partial charge in [0.1, 0.15) is 0 Å². The van der Waals surface area contributed by atoms with E-state index in [1.165, 1.54) is 12.8 Å². The van der Waals surface area contributed by atoms with E-state index in [0.717, 1.165) is 35.9 Å². The fourth-order valence-corrected chi connectivity index (χ4v) is 3.13. The minimum atomic E-state index is -0.309. The molecule has 0 bridgehead atoms. The number of hydrogen-bond donors (Lipinski definition) is 1. The summed E-state index contributed by atoms with van der Waals surface area (Å²) in [5.74, 6) is 1.59. The Morgan fingerprint density at radius 2 is 1.90 bits per heavy atom. The summed E-state index contributed by atoms with van der Waals surface area (Å²) in [6.07, 6.45) is 4.82. The van der Waals surface area contributed by atoms with Crippen LogP contribution >= 0.6 is 0 Å². The number of benzene rings is 1. The second-order valence-corrected chi connectivity index (χ2v) is 6.21. The largest absolute Gasteiger partial charge is 0.382 e. The van der Waals surface area contributed by atoms with E-state index in [1.807, 2.05) is 13.0 Å². The molecule has 0 unspecified atom stereocenters. The van der Waals surface area contributed by atoms with Crippen molar-refractivity contribution in [3.63, 3.8) is 0 Å². The molecule has 1 aliphatic rings. The van der Waals surface area contributed by atoms with Crippen molar-refractivity contribution in [3.05, 3.63) is 33.9 Å². The molecule has 1 aromatic carbocycles. The van der Waals surface area contributed by atoms with Gasteiger partial charge in [-0.3, -0.25) is 10.1 Å². The van der Waals surface area contributed by atoms with Crippen molar-refractivity contribution in [1.82, 2.24) is 0 Å². The molecule has 0 saturated heterocycles. The fraction of sp³-hybridized carbons (Fsp3) is 0.625. The Bertz CT molecular complexity index is 477. The molecular formula is C16H24N2O2. The van der Waals surface area contributed by atoms with Crippen LogP contribution in [0.15, 0.2) is 18.2 Å². The van der Waals surface area contributed by atoms with E-state index in [2.05, 4.69) is 19.2 Å². The molecule has 110 valence electrons. The predicted octanol–water partition coefficient (Wildman–Crippen LogP) is 4.53. The Kier molecular flexibility index (Phi) is 4.63. The van der Waals surface area contributed by atoms with E-state index in [-0.39, 0.29) is 10.6 Å². The van der Waals surface area contributed by atoms with Crippen LogP contribution in [-0.4, -0.2) is 11.0 Å². The first kappa shape index (κ1) is 14.8. The van der Waals surface area contributed by atoms with Crippen LogP contribution in [0, 0.1) is 28.9 Å². The summed E-state index contributed by atoms with van der Waals surface area (Å²) in [7, 11) is 0. The lowest BCUT2D eigenvalue weighted by molar-refractivity contribution is -0.385. The van der Waals surface area contributed by atoms with Gasteiger partial charge >= 0.3 is 0 Å². The maximum absolute atomic E-state index is 11.0. The van der Waals surface area contributed by atoms with Gasteiger partial charge in [-0.1, -0.05) is 19.9 Å². The van der Waals surface area contributed by atoms with Gasteiger partial charge in [0.15, 0.2) is 0 Å². The molecular weight excluding hydrogens is 252 g/mol. The van der Waals surface area contributed by atoms with Crippen molar-refractivity contribution in [1.29, 1.82) is 0 Å². The molecule has 0 aromatic heterocycles. The number of hydrogen-bond acceptors (Lipinski definition) is 3. The molecule has 4 heteroatoms. The topological polar surface area (TPSA) is 55.2 Å². The average Bonchev–Trinajstić information content (AvgIpc) is 2.41. The van der Waals surface area contributed by atoms with Crippen LogP contribution in [-0.2, 0) is 0 Å². The number of nitrogens with zero attached hydrogens (tertiary/aromatic N) is 1. The summed E-state index contributed by atoms with van der Waals surface area (Å²) in [6, 6.07) is 5.71. The molecule has 0 spiro atoms. The highest BCUT2D eigenvalue weighted by atomic mass is 16.6. The van der Waals surface area contributed by atoms with E-state index in [1.54, 1.807) is 12.1 Å². The molecule has 0 aliphatic heterocycles. The monoisotopic (exact) mass is 276 g/mol. The van der Waals surface area contributed by atoms with E-state index in [4.69, 9.17) is 0 Å². The van der Waals surface area contributed by atoms with Crippen molar-refractivity contribution >= 4 is 11.4 Å². The highest BCUT2D eigenvalue weighted by molar-refractivity contribution is 5.60. The summed E-state index contributed by atoms with van der Waals surface area (Å²) in [4.78, 5) is 10.7. The number of nitro benzene ring substituents is 1. The van der Waals surface area contributed by atoms with Gasteiger partial charge in [0.25, 0.3) is 5.69 Å². The molecule has 1 aromatic rings. The van der Waals surface area contributed by atoms with Crippen LogP contribution in [0.5, 0.6) is 0 Å². The maximum atomic E-state index is 11.0. The van der Waals surface area contributed by atoms with Gasteiger partial charge in [0.2, 0.25) is 0 Å². The third kappa shape index (κ3) is 3.30. The van der Waals surface area contributed by atoms with Crippen LogP contribution in [0.4, 0.5) is 11.4 Å².